The van der Waals surface area contributed by atoms with Crippen LogP contribution in [-0.4, -0.2) is 45.4 Å². The van der Waals surface area contributed by atoms with Crippen molar-refractivity contribution in [2.45, 2.75) is 6.92 Å². The van der Waals surface area contributed by atoms with Crippen molar-refractivity contribution in [2.24, 2.45) is 0 Å². The minimum absolute atomic E-state index is 0.307. The van der Waals surface area contributed by atoms with Gasteiger partial charge in [0.2, 0.25) is 0 Å². The summed E-state index contributed by atoms with van der Waals surface area (Å²) < 4.78 is 0. The molecule has 0 aliphatic heterocycles. The first-order valence-corrected chi connectivity index (χ1v) is 6.17. The predicted octanol–water partition coefficient (Wildman–Crippen LogP) is 0.450. The number of amides is 1. The summed E-state index contributed by atoms with van der Waals surface area (Å²) >= 11 is 1.09. The van der Waals surface area contributed by atoms with E-state index in [4.69, 9.17) is 5.11 Å². The maximum absolute atomic E-state index is 12.1. The summed E-state index contributed by atoms with van der Waals surface area (Å²) in [7, 11) is 1.40. The molecule has 0 saturated carbocycles. The SMILES string of the molecule is Cc1c(C(=O)N(C)CC(=O)O)sc2nc[nH]c(=O)c12. The van der Waals surface area contributed by atoms with Gasteiger partial charge < -0.3 is 15.0 Å². The zero-order valence-corrected chi connectivity index (χ0v) is 11.1. The number of nitrogens with one attached hydrogen (secondary N) is 1. The third-order valence-electron chi connectivity index (χ3n) is 2.65. The van der Waals surface area contributed by atoms with Crippen molar-refractivity contribution in [3.05, 3.63) is 27.1 Å². The van der Waals surface area contributed by atoms with Crippen molar-refractivity contribution < 1.29 is 14.7 Å². The fourth-order valence-electron chi connectivity index (χ4n) is 1.73. The normalized spacial score (nSPS) is 10.6. The zero-order valence-electron chi connectivity index (χ0n) is 10.3. The van der Waals surface area contributed by atoms with Crippen LogP contribution in [0.5, 0.6) is 0 Å². The Hall–Kier alpha value is -2.22. The Morgan fingerprint density at radius 1 is 1.53 bits per heavy atom. The van der Waals surface area contributed by atoms with Gasteiger partial charge in [-0.25, -0.2) is 4.98 Å². The van der Waals surface area contributed by atoms with Crippen LogP contribution in [0.3, 0.4) is 0 Å². The van der Waals surface area contributed by atoms with Crippen LogP contribution in [0.4, 0.5) is 0 Å². The molecule has 0 fully saturated rings. The molecule has 19 heavy (non-hydrogen) atoms. The monoisotopic (exact) mass is 281 g/mol. The number of carbonyl (C=O) groups excluding carboxylic acids is 1. The van der Waals surface area contributed by atoms with Gasteiger partial charge in [0.1, 0.15) is 11.4 Å². The number of fused-ring (bicyclic) bond motifs is 1. The molecule has 7 nitrogen and oxygen atoms in total. The zero-order chi connectivity index (χ0) is 14.2. The largest absolute Gasteiger partial charge is 0.480 e. The average molecular weight is 281 g/mol. The van der Waals surface area contributed by atoms with Gasteiger partial charge in [-0.15, -0.1) is 11.3 Å². The standard InChI is InChI=1S/C11H11N3O4S/c1-5-7-9(17)12-4-13-10(7)19-8(5)11(18)14(2)3-6(15)16/h4H,3H2,1-2H3,(H,15,16)(H,12,13,17). The fourth-order valence-corrected chi connectivity index (χ4v) is 2.88. The molecule has 0 aromatic carbocycles. The van der Waals surface area contributed by atoms with Crippen LogP contribution >= 0.6 is 11.3 Å². The van der Waals surface area contributed by atoms with E-state index in [0.717, 1.165) is 16.2 Å². The van der Waals surface area contributed by atoms with Gasteiger partial charge >= 0.3 is 5.97 Å². The minimum atomic E-state index is -1.09. The quantitative estimate of drug-likeness (QED) is 0.850. The highest BCUT2D eigenvalue weighted by atomic mass is 32.1. The lowest BCUT2D eigenvalue weighted by atomic mass is 10.2. The molecule has 2 rings (SSSR count). The lowest BCUT2D eigenvalue weighted by Gasteiger charge is -2.13. The van der Waals surface area contributed by atoms with E-state index < -0.39 is 18.4 Å². The first-order valence-electron chi connectivity index (χ1n) is 5.36. The Labute approximate surface area is 111 Å². The lowest BCUT2D eigenvalue weighted by Crippen LogP contribution is -2.31. The Kier molecular flexibility index (Phi) is 3.34. The molecule has 0 atom stereocenters. The van der Waals surface area contributed by atoms with Crippen LogP contribution in [0.1, 0.15) is 15.2 Å². The molecule has 0 aliphatic carbocycles. The van der Waals surface area contributed by atoms with Gasteiger partial charge in [-0.2, -0.15) is 0 Å². The number of rotatable bonds is 3. The van der Waals surface area contributed by atoms with Gasteiger partial charge in [-0.3, -0.25) is 14.4 Å². The summed E-state index contributed by atoms with van der Waals surface area (Å²) in [6, 6.07) is 0. The topological polar surface area (TPSA) is 103 Å². The van der Waals surface area contributed by atoms with E-state index in [9.17, 15) is 14.4 Å². The second-order valence-electron chi connectivity index (χ2n) is 4.02. The summed E-state index contributed by atoms with van der Waals surface area (Å²) in [4.78, 5) is 42.7. The number of likely N-dealkylation sites (N-methyl/N-ethyl adjacent to an activating group) is 1. The van der Waals surface area contributed by atoms with Gasteiger partial charge in [0.05, 0.1) is 16.6 Å². The summed E-state index contributed by atoms with van der Waals surface area (Å²) in [6.07, 6.45) is 1.27. The first kappa shape index (κ1) is 13.2. The summed E-state index contributed by atoms with van der Waals surface area (Å²) in [6.45, 7) is 1.26. The highest BCUT2D eigenvalue weighted by Gasteiger charge is 2.22. The van der Waals surface area contributed by atoms with Gasteiger partial charge in [0, 0.05) is 7.05 Å². The molecule has 0 saturated heterocycles. The number of carboxylic acids is 1. The Bertz CT molecular complexity index is 718. The number of thiophene rings is 1. The second kappa shape index (κ2) is 4.81. The first-order chi connectivity index (χ1) is 8.91. The van der Waals surface area contributed by atoms with Crippen molar-refractivity contribution in [3.63, 3.8) is 0 Å². The Morgan fingerprint density at radius 3 is 2.79 bits per heavy atom. The third kappa shape index (κ3) is 2.34. The van der Waals surface area contributed by atoms with Crippen molar-refractivity contribution in [1.82, 2.24) is 14.9 Å². The summed E-state index contributed by atoms with van der Waals surface area (Å²) in [5.41, 5.74) is 0.218. The molecule has 2 aromatic heterocycles. The third-order valence-corrected chi connectivity index (χ3v) is 3.83. The number of hydrogen-bond donors (Lipinski definition) is 2. The number of hydrogen-bond acceptors (Lipinski definition) is 5. The van der Waals surface area contributed by atoms with E-state index in [1.807, 2.05) is 0 Å². The van der Waals surface area contributed by atoms with Crippen molar-refractivity contribution in [3.8, 4) is 0 Å². The molecule has 8 heteroatoms. The maximum atomic E-state index is 12.1. The molecule has 2 N–H and O–H groups in total. The van der Waals surface area contributed by atoms with Crippen LogP contribution in [0.2, 0.25) is 0 Å². The Balaban J connectivity index is 2.49. The van der Waals surface area contributed by atoms with E-state index in [1.165, 1.54) is 13.4 Å². The molecule has 0 aliphatic rings. The van der Waals surface area contributed by atoms with Crippen LogP contribution < -0.4 is 5.56 Å². The molecule has 1 amide bonds. The van der Waals surface area contributed by atoms with Gasteiger partial charge in [-0.05, 0) is 12.5 Å². The van der Waals surface area contributed by atoms with E-state index in [1.54, 1.807) is 6.92 Å². The van der Waals surface area contributed by atoms with E-state index in [2.05, 4.69) is 9.97 Å². The molecular weight excluding hydrogens is 270 g/mol. The molecule has 0 unspecified atom stereocenters. The molecule has 0 bridgehead atoms. The van der Waals surface area contributed by atoms with Gasteiger partial charge in [0.25, 0.3) is 11.5 Å². The average Bonchev–Trinajstić information content (AvgIpc) is 2.66. The van der Waals surface area contributed by atoms with Crippen molar-refractivity contribution in [2.75, 3.05) is 13.6 Å². The number of aryl methyl sites for hydroxylation is 1. The molecule has 2 heterocycles. The minimum Gasteiger partial charge on any atom is -0.480 e. The summed E-state index contributed by atoms with van der Waals surface area (Å²) in [5.74, 6) is -1.52. The molecule has 100 valence electrons. The number of carboxylic acid groups (broad SMARTS) is 1. The van der Waals surface area contributed by atoms with Crippen LogP contribution in [0, 0.1) is 6.92 Å². The van der Waals surface area contributed by atoms with Gasteiger partial charge in [-0.1, -0.05) is 0 Å². The molecular formula is C11H11N3O4S. The number of aliphatic carboxylic acids is 1. The number of H-pyrrole nitrogens is 1. The number of aromatic nitrogens is 2. The highest BCUT2D eigenvalue weighted by molar-refractivity contribution is 7.20. The van der Waals surface area contributed by atoms with Crippen molar-refractivity contribution >= 4 is 33.4 Å². The molecule has 0 spiro atoms. The number of aromatic amines is 1. The number of nitrogens with zero attached hydrogens (tertiary/aromatic N) is 2. The second-order valence-corrected chi connectivity index (χ2v) is 5.02. The number of carbonyl (C=O) groups is 2. The smallest absolute Gasteiger partial charge is 0.323 e. The molecule has 0 radical (unpaired) electrons. The summed E-state index contributed by atoms with van der Waals surface area (Å²) in [5, 5.41) is 9.05. The van der Waals surface area contributed by atoms with Crippen molar-refractivity contribution in [1.29, 1.82) is 0 Å². The molecule has 2 aromatic rings. The van der Waals surface area contributed by atoms with Crippen LogP contribution in [0.25, 0.3) is 10.2 Å². The van der Waals surface area contributed by atoms with Gasteiger partial charge in [0.15, 0.2) is 0 Å². The lowest BCUT2D eigenvalue weighted by molar-refractivity contribution is -0.137. The van der Waals surface area contributed by atoms with E-state index in [0.29, 0.717) is 20.7 Å². The Morgan fingerprint density at radius 2 is 2.21 bits per heavy atom. The maximum Gasteiger partial charge on any atom is 0.323 e. The van der Waals surface area contributed by atoms with Crippen LogP contribution in [-0.2, 0) is 4.79 Å². The van der Waals surface area contributed by atoms with Crippen LogP contribution in [0.15, 0.2) is 11.1 Å². The highest BCUT2D eigenvalue weighted by Crippen LogP contribution is 2.27. The van der Waals surface area contributed by atoms with E-state index in [-0.39, 0.29) is 5.56 Å². The predicted molar refractivity (Wildman–Crippen MR) is 69.6 cm³/mol. The van der Waals surface area contributed by atoms with E-state index >= 15 is 0 Å². The fraction of sp³-hybridized carbons (Fsp3) is 0.273.